The predicted octanol–water partition coefficient (Wildman–Crippen LogP) is 4.29. The summed E-state index contributed by atoms with van der Waals surface area (Å²) in [4.78, 5) is 33.1. The second-order valence-corrected chi connectivity index (χ2v) is 9.57. The third-order valence-electron chi connectivity index (χ3n) is 6.69. The van der Waals surface area contributed by atoms with E-state index in [-0.39, 0.29) is 5.54 Å². The molecule has 0 aliphatic carbocycles. The predicted molar refractivity (Wildman–Crippen MR) is 129 cm³/mol. The Balaban J connectivity index is 1.35. The second-order valence-electron chi connectivity index (χ2n) is 8.59. The number of aromatic nitrogens is 1. The monoisotopic (exact) mass is 462 g/mol. The summed E-state index contributed by atoms with van der Waals surface area (Å²) in [6, 6.07) is 17.1. The number of rotatable bonds is 6. The fraction of sp³-hybridized carbons (Fsp3) is 0.320. The van der Waals surface area contributed by atoms with Gasteiger partial charge in [0.1, 0.15) is 16.4 Å². The summed E-state index contributed by atoms with van der Waals surface area (Å²) in [6.45, 7) is 2.46. The molecule has 2 fully saturated rings. The summed E-state index contributed by atoms with van der Waals surface area (Å²) in [7, 11) is 0. The van der Waals surface area contributed by atoms with E-state index in [1.807, 2.05) is 59.5 Å². The number of hydrogen-bond acceptors (Lipinski definition) is 6. The highest BCUT2D eigenvalue weighted by atomic mass is 32.1. The fourth-order valence-electron chi connectivity index (χ4n) is 4.89. The smallest absolute Gasteiger partial charge is 0.261 e. The number of primary amides is 1. The van der Waals surface area contributed by atoms with Gasteiger partial charge in [0.25, 0.3) is 5.91 Å². The van der Waals surface area contributed by atoms with E-state index in [2.05, 4.69) is 4.90 Å². The summed E-state index contributed by atoms with van der Waals surface area (Å²) < 4.78 is 5.86. The fourth-order valence-corrected chi connectivity index (χ4v) is 5.88. The van der Waals surface area contributed by atoms with Gasteiger partial charge in [-0.2, -0.15) is 0 Å². The van der Waals surface area contributed by atoms with Crippen LogP contribution in [0.4, 0.5) is 5.13 Å². The first-order chi connectivity index (χ1) is 16.1. The van der Waals surface area contributed by atoms with Gasteiger partial charge in [-0.05, 0) is 62.1 Å². The molecule has 0 saturated carbocycles. The van der Waals surface area contributed by atoms with Gasteiger partial charge in [-0.15, -0.1) is 0 Å². The molecule has 2 aromatic carbocycles. The Hall–Kier alpha value is -3.39. The Labute approximate surface area is 196 Å². The molecule has 1 aromatic heterocycles. The zero-order valence-corrected chi connectivity index (χ0v) is 19.1. The molecule has 2 amide bonds. The third kappa shape index (κ3) is 4.18. The number of carbonyl (C=O) groups excluding carboxylic acids is 2. The number of nitrogens with zero attached hydrogens (tertiary/aromatic N) is 3. The molecular weight excluding hydrogens is 436 g/mol. The van der Waals surface area contributed by atoms with Crippen molar-refractivity contribution in [1.29, 1.82) is 0 Å². The lowest BCUT2D eigenvalue weighted by atomic mass is 9.85. The van der Waals surface area contributed by atoms with E-state index >= 15 is 0 Å². The van der Waals surface area contributed by atoms with Crippen molar-refractivity contribution in [2.75, 3.05) is 24.5 Å². The molecule has 3 aromatic rings. The maximum absolute atomic E-state index is 12.2. The Morgan fingerprint density at radius 1 is 1.00 bits per heavy atom. The van der Waals surface area contributed by atoms with Crippen molar-refractivity contribution in [3.63, 3.8) is 0 Å². The van der Waals surface area contributed by atoms with Crippen LogP contribution in [-0.4, -0.2) is 47.4 Å². The van der Waals surface area contributed by atoms with Crippen molar-refractivity contribution in [2.24, 2.45) is 5.73 Å². The molecule has 0 atom stereocenters. The highest BCUT2D eigenvalue weighted by Gasteiger charge is 2.43. The van der Waals surface area contributed by atoms with Gasteiger partial charge in [0, 0.05) is 30.7 Å². The maximum Gasteiger partial charge on any atom is 0.261 e. The van der Waals surface area contributed by atoms with Crippen molar-refractivity contribution < 1.29 is 14.3 Å². The van der Waals surface area contributed by atoms with Crippen LogP contribution in [0, 0.1) is 0 Å². The van der Waals surface area contributed by atoms with E-state index in [0.717, 1.165) is 68.2 Å². The number of thiazole rings is 1. The number of amides is 2. The number of benzene rings is 2. The van der Waals surface area contributed by atoms with E-state index in [4.69, 9.17) is 15.5 Å². The van der Waals surface area contributed by atoms with Crippen molar-refractivity contribution in [3.05, 3.63) is 59.5 Å². The lowest BCUT2D eigenvalue weighted by molar-refractivity contribution is -0.122. The van der Waals surface area contributed by atoms with E-state index in [0.29, 0.717) is 16.3 Å². The molecule has 0 bridgehead atoms. The summed E-state index contributed by atoms with van der Waals surface area (Å²) in [5.41, 5.74) is 7.11. The molecule has 33 heavy (non-hydrogen) atoms. The van der Waals surface area contributed by atoms with Crippen LogP contribution >= 0.6 is 11.3 Å². The number of para-hydroxylation sites is 1. The average Bonchev–Trinajstić information content (AvgIpc) is 3.46. The molecule has 2 aliphatic heterocycles. The number of nitrogens with two attached hydrogens (primary N) is 1. The topological polar surface area (TPSA) is 88.8 Å². The van der Waals surface area contributed by atoms with Gasteiger partial charge >= 0.3 is 0 Å². The first-order valence-corrected chi connectivity index (χ1v) is 12.0. The zero-order chi connectivity index (χ0) is 22.8. The van der Waals surface area contributed by atoms with E-state index in [1.165, 1.54) is 11.3 Å². The summed E-state index contributed by atoms with van der Waals surface area (Å²) in [5.74, 6) is 0.991. The van der Waals surface area contributed by atoms with Crippen LogP contribution in [0.2, 0.25) is 0 Å². The minimum Gasteiger partial charge on any atom is -0.457 e. The molecule has 0 radical (unpaired) electrons. The van der Waals surface area contributed by atoms with E-state index < -0.39 is 5.91 Å². The molecular formula is C25H26N4O3S. The Morgan fingerprint density at radius 2 is 1.70 bits per heavy atom. The molecule has 1 spiro atoms. The molecule has 8 heteroatoms. The lowest BCUT2D eigenvalue weighted by Crippen LogP contribution is -2.51. The van der Waals surface area contributed by atoms with Gasteiger partial charge in [-0.25, -0.2) is 4.98 Å². The van der Waals surface area contributed by atoms with Crippen LogP contribution in [0.15, 0.2) is 54.6 Å². The van der Waals surface area contributed by atoms with Crippen LogP contribution in [0.3, 0.4) is 0 Å². The largest absolute Gasteiger partial charge is 0.457 e. The highest BCUT2D eigenvalue weighted by Crippen LogP contribution is 2.40. The van der Waals surface area contributed by atoms with Crippen LogP contribution in [-0.2, 0) is 4.79 Å². The van der Waals surface area contributed by atoms with Gasteiger partial charge < -0.3 is 20.3 Å². The number of anilines is 1. The molecule has 5 rings (SSSR count). The zero-order valence-electron chi connectivity index (χ0n) is 18.3. The number of likely N-dealkylation sites (tertiary alicyclic amines) is 1. The minimum atomic E-state index is -0.477. The van der Waals surface area contributed by atoms with E-state index in [1.54, 1.807) is 0 Å². The molecule has 170 valence electrons. The second kappa shape index (κ2) is 8.86. The van der Waals surface area contributed by atoms with Crippen molar-refractivity contribution in [2.45, 2.75) is 31.2 Å². The van der Waals surface area contributed by atoms with Gasteiger partial charge in [0.15, 0.2) is 5.13 Å². The van der Waals surface area contributed by atoms with Crippen LogP contribution < -0.4 is 15.4 Å². The highest BCUT2D eigenvalue weighted by molar-refractivity contribution is 7.18. The Kier molecular flexibility index (Phi) is 5.76. The van der Waals surface area contributed by atoms with Gasteiger partial charge in [-0.3, -0.25) is 9.59 Å². The van der Waals surface area contributed by atoms with Crippen molar-refractivity contribution in [3.8, 4) is 22.8 Å². The number of piperidine rings is 1. The Bertz CT molecular complexity index is 1140. The van der Waals surface area contributed by atoms with Gasteiger partial charge in [-0.1, -0.05) is 29.5 Å². The number of hydrogen-bond donors (Lipinski definition) is 1. The quantitative estimate of drug-likeness (QED) is 0.552. The van der Waals surface area contributed by atoms with Gasteiger partial charge in [0.2, 0.25) is 6.41 Å². The SMILES string of the molecule is NC(=O)c1sc(N2CCC3(CCCN3C=O)CC2)nc1-c1ccc(Oc2ccccc2)cc1. The average molecular weight is 463 g/mol. The number of carbonyl (C=O) groups is 2. The third-order valence-corrected chi connectivity index (χ3v) is 7.82. The summed E-state index contributed by atoms with van der Waals surface area (Å²) >= 11 is 1.34. The van der Waals surface area contributed by atoms with Crippen LogP contribution in [0.5, 0.6) is 11.5 Å². The molecule has 2 aliphatic rings. The summed E-state index contributed by atoms with van der Waals surface area (Å²) in [6.07, 6.45) is 4.96. The first kappa shape index (κ1) is 21.5. The normalized spacial score (nSPS) is 17.3. The molecule has 2 saturated heterocycles. The van der Waals surface area contributed by atoms with Gasteiger partial charge in [0.05, 0.1) is 5.69 Å². The molecule has 7 nitrogen and oxygen atoms in total. The number of ether oxygens (including phenoxy) is 1. The van der Waals surface area contributed by atoms with E-state index in [9.17, 15) is 9.59 Å². The standard InChI is InChI=1S/C25H26N4O3S/c26-23(31)22-21(18-7-9-20(10-8-18)32-19-5-2-1-3-6-19)27-24(33-22)28-15-12-25(13-16-28)11-4-14-29(25)17-30/h1-3,5-10,17H,4,11-16H2,(H2,26,31). The van der Waals surface area contributed by atoms with Crippen LogP contribution in [0.1, 0.15) is 35.4 Å². The van der Waals surface area contributed by atoms with Crippen molar-refractivity contribution >= 4 is 28.8 Å². The Morgan fingerprint density at radius 3 is 2.36 bits per heavy atom. The molecule has 3 heterocycles. The molecule has 2 N–H and O–H groups in total. The molecule has 0 unspecified atom stereocenters. The summed E-state index contributed by atoms with van der Waals surface area (Å²) in [5, 5.41) is 0.800. The first-order valence-electron chi connectivity index (χ1n) is 11.2. The minimum absolute atomic E-state index is 0.0144. The maximum atomic E-state index is 12.2. The van der Waals surface area contributed by atoms with Crippen LogP contribution in [0.25, 0.3) is 11.3 Å². The van der Waals surface area contributed by atoms with Crippen molar-refractivity contribution in [1.82, 2.24) is 9.88 Å². The lowest BCUT2D eigenvalue weighted by Gasteiger charge is -2.43.